The van der Waals surface area contributed by atoms with Gasteiger partial charge in [-0.2, -0.15) is 0 Å². The molecule has 8 nitrogen and oxygen atoms in total. The molecule has 0 saturated carbocycles. The van der Waals surface area contributed by atoms with Gasteiger partial charge in [-0.3, -0.25) is 9.10 Å². The third-order valence-corrected chi connectivity index (χ3v) is 6.86. The molecule has 2 aromatic carbocycles. The molecule has 2 aromatic rings. The summed E-state index contributed by atoms with van der Waals surface area (Å²) in [6, 6.07) is 12.6. The summed E-state index contributed by atoms with van der Waals surface area (Å²) in [6.45, 7) is 1.97. The highest BCUT2D eigenvalue weighted by Gasteiger charge is 2.35. The van der Waals surface area contributed by atoms with Gasteiger partial charge in [0, 0.05) is 6.54 Å². The van der Waals surface area contributed by atoms with Crippen LogP contribution >= 0.6 is 0 Å². The Morgan fingerprint density at radius 2 is 1.90 bits per heavy atom. The minimum absolute atomic E-state index is 0.0469. The van der Waals surface area contributed by atoms with Crippen LogP contribution in [0.1, 0.15) is 18.9 Å². The fourth-order valence-electron chi connectivity index (χ4n) is 3.41. The molecule has 1 heterocycles. The van der Waals surface area contributed by atoms with Crippen LogP contribution in [0.25, 0.3) is 0 Å². The Labute approximate surface area is 183 Å². The van der Waals surface area contributed by atoms with Crippen molar-refractivity contribution < 1.29 is 27.4 Å². The number of rotatable bonds is 9. The first-order valence-corrected chi connectivity index (χ1v) is 11.7. The molecule has 0 spiro atoms. The van der Waals surface area contributed by atoms with Crippen molar-refractivity contribution in [2.24, 2.45) is 0 Å². The Bertz CT molecular complexity index is 1020. The molecule has 0 aliphatic carbocycles. The monoisotopic (exact) mass is 448 g/mol. The maximum atomic E-state index is 12.7. The standard InChI is InChI=1S/C22H28N2O6S/c1-4-31(26,27)24-15-21(30-18-10-6-5-9-17(18)24)22(25)23-13-7-8-16-11-12-19(28-2)20(14-16)29-3/h5-6,9-12,14,21H,4,7-8,13,15H2,1-3H3,(H,23,25)/t21-/m0/s1. The van der Waals surface area contributed by atoms with Crippen LogP contribution in [0.5, 0.6) is 17.2 Å². The number of aryl methyl sites for hydroxylation is 1. The lowest BCUT2D eigenvalue weighted by Crippen LogP contribution is -2.51. The highest BCUT2D eigenvalue weighted by atomic mass is 32.2. The average Bonchev–Trinajstić information content (AvgIpc) is 2.80. The summed E-state index contributed by atoms with van der Waals surface area (Å²) in [5.41, 5.74) is 1.52. The van der Waals surface area contributed by atoms with Gasteiger partial charge >= 0.3 is 0 Å². The number of sulfonamides is 1. The normalized spacial score (nSPS) is 15.6. The van der Waals surface area contributed by atoms with Gasteiger partial charge in [0.05, 0.1) is 32.2 Å². The molecule has 3 rings (SSSR count). The smallest absolute Gasteiger partial charge is 0.263 e. The number of ether oxygens (including phenoxy) is 3. The topological polar surface area (TPSA) is 94.2 Å². The van der Waals surface area contributed by atoms with Crippen molar-refractivity contribution in [2.75, 3.05) is 37.4 Å². The van der Waals surface area contributed by atoms with Gasteiger partial charge in [0.2, 0.25) is 10.0 Å². The number of fused-ring (bicyclic) bond motifs is 1. The van der Waals surface area contributed by atoms with Crippen LogP contribution in [0.15, 0.2) is 42.5 Å². The zero-order valence-electron chi connectivity index (χ0n) is 18.0. The Kier molecular flexibility index (Phi) is 7.27. The predicted molar refractivity (Wildman–Crippen MR) is 119 cm³/mol. The number of para-hydroxylation sites is 2. The summed E-state index contributed by atoms with van der Waals surface area (Å²) in [5.74, 6) is 1.33. The summed E-state index contributed by atoms with van der Waals surface area (Å²) in [4.78, 5) is 12.7. The maximum absolute atomic E-state index is 12.7. The van der Waals surface area contributed by atoms with E-state index in [1.807, 2.05) is 18.2 Å². The summed E-state index contributed by atoms with van der Waals surface area (Å²) in [7, 11) is -0.345. The molecule has 0 radical (unpaired) electrons. The number of benzene rings is 2. The third-order valence-electron chi connectivity index (χ3n) is 5.12. The van der Waals surface area contributed by atoms with Gasteiger partial charge in [0.1, 0.15) is 5.75 Å². The minimum Gasteiger partial charge on any atom is -0.493 e. The van der Waals surface area contributed by atoms with E-state index in [2.05, 4.69) is 5.32 Å². The quantitative estimate of drug-likeness (QED) is 0.592. The van der Waals surface area contributed by atoms with Crippen LogP contribution in [-0.2, 0) is 21.2 Å². The van der Waals surface area contributed by atoms with Gasteiger partial charge in [0.15, 0.2) is 17.6 Å². The molecule has 9 heteroatoms. The number of anilines is 1. The molecule has 1 aliphatic rings. The summed E-state index contributed by atoms with van der Waals surface area (Å²) < 4.78 is 42.6. The van der Waals surface area contributed by atoms with Gasteiger partial charge in [-0.25, -0.2) is 8.42 Å². The van der Waals surface area contributed by atoms with Crippen LogP contribution in [0.2, 0.25) is 0 Å². The van der Waals surface area contributed by atoms with E-state index in [0.29, 0.717) is 35.9 Å². The molecule has 0 bridgehead atoms. The van der Waals surface area contributed by atoms with Crippen LogP contribution in [0, 0.1) is 0 Å². The van der Waals surface area contributed by atoms with Gasteiger partial charge in [-0.05, 0) is 49.6 Å². The second-order valence-corrected chi connectivity index (χ2v) is 9.27. The van der Waals surface area contributed by atoms with Crippen molar-refractivity contribution in [3.05, 3.63) is 48.0 Å². The lowest BCUT2D eigenvalue weighted by atomic mass is 10.1. The van der Waals surface area contributed by atoms with E-state index >= 15 is 0 Å². The predicted octanol–water partition coefficient (Wildman–Crippen LogP) is 2.37. The fourth-order valence-corrected chi connectivity index (χ4v) is 4.54. The molecule has 31 heavy (non-hydrogen) atoms. The molecule has 0 saturated heterocycles. The second-order valence-electron chi connectivity index (χ2n) is 7.09. The van der Waals surface area contributed by atoms with Crippen molar-refractivity contribution in [3.8, 4) is 17.2 Å². The zero-order valence-corrected chi connectivity index (χ0v) is 18.8. The Morgan fingerprint density at radius 1 is 1.16 bits per heavy atom. The number of amides is 1. The number of hydrogen-bond donors (Lipinski definition) is 1. The van der Waals surface area contributed by atoms with Crippen molar-refractivity contribution in [3.63, 3.8) is 0 Å². The number of methoxy groups -OCH3 is 2. The van der Waals surface area contributed by atoms with Gasteiger partial charge < -0.3 is 19.5 Å². The van der Waals surface area contributed by atoms with Crippen LogP contribution in [0.4, 0.5) is 5.69 Å². The largest absolute Gasteiger partial charge is 0.493 e. The van der Waals surface area contributed by atoms with Crippen molar-refractivity contribution in [1.82, 2.24) is 5.32 Å². The van der Waals surface area contributed by atoms with E-state index in [1.54, 1.807) is 45.4 Å². The van der Waals surface area contributed by atoms with Crippen LogP contribution in [-0.4, -0.2) is 53.5 Å². The molecule has 0 unspecified atom stereocenters. The van der Waals surface area contributed by atoms with E-state index in [1.165, 1.54) is 4.31 Å². The zero-order chi connectivity index (χ0) is 22.4. The number of nitrogens with one attached hydrogen (secondary N) is 1. The number of hydrogen-bond acceptors (Lipinski definition) is 6. The maximum Gasteiger partial charge on any atom is 0.263 e. The second kappa shape index (κ2) is 9.91. The lowest BCUT2D eigenvalue weighted by Gasteiger charge is -2.34. The van der Waals surface area contributed by atoms with Crippen molar-refractivity contribution in [2.45, 2.75) is 25.9 Å². The van der Waals surface area contributed by atoms with Gasteiger partial charge in [-0.1, -0.05) is 18.2 Å². The number of carbonyl (C=O) groups excluding carboxylic acids is 1. The first-order chi connectivity index (χ1) is 14.9. The van der Waals surface area contributed by atoms with Gasteiger partial charge in [0.25, 0.3) is 5.91 Å². The molecule has 0 fully saturated rings. The summed E-state index contributed by atoms with van der Waals surface area (Å²) in [5, 5.41) is 2.85. The first-order valence-electron chi connectivity index (χ1n) is 10.1. The first kappa shape index (κ1) is 22.7. The Morgan fingerprint density at radius 3 is 2.61 bits per heavy atom. The molecule has 1 amide bonds. The van der Waals surface area contributed by atoms with E-state index < -0.39 is 16.1 Å². The molecular formula is C22H28N2O6S. The lowest BCUT2D eigenvalue weighted by molar-refractivity contribution is -0.127. The molecule has 1 atom stereocenters. The van der Waals surface area contributed by atoms with Gasteiger partial charge in [-0.15, -0.1) is 0 Å². The fraction of sp³-hybridized carbons (Fsp3) is 0.409. The highest BCUT2D eigenvalue weighted by Crippen LogP contribution is 2.35. The van der Waals surface area contributed by atoms with E-state index in [0.717, 1.165) is 12.0 Å². The van der Waals surface area contributed by atoms with E-state index in [9.17, 15) is 13.2 Å². The van der Waals surface area contributed by atoms with Crippen LogP contribution in [0.3, 0.4) is 0 Å². The summed E-state index contributed by atoms with van der Waals surface area (Å²) >= 11 is 0. The average molecular weight is 449 g/mol. The SMILES string of the molecule is CCS(=O)(=O)N1C[C@@H](C(=O)NCCCc2ccc(OC)c(OC)c2)Oc2ccccc21. The molecule has 0 aromatic heterocycles. The number of nitrogens with zero attached hydrogens (tertiary/aromatic N) is 1. The van der Waals surface area contributed by atoms with E-state index in [4.69, 9.17) is 14.2 Å². The number of carbonyl (C=O) groups is 1. The third kappa shape index (κ3) is 5.22. The molecule has 168 valence electrons. The van der Waals surface area contributed by atoms with Crippen LogP contribution < -0.4 is 23.8 Å². The van der Waals surface area contributed by atoms with Crippen molar-refractivity contribution in [1.29, 1.82) is 0 Å². The minimum atomic E-state index is -3.52. The molecule has 1 aliphatic heterocycles. The van der Waals surface area contributed by atoms with Crippen molar-refractivity contribution >= 4 is 21.6 Å². The highest BCUT2D eigenvalue weighted by molar-refractivity contribution is 7.92. The summed E-state index contributed by atoms with van der Waals surface area (Å²) in [6.07, 6.45) is 0.546. The van der Waals surface area contributed by atoms with E-state index in [-0.39, 0.29) is 18.2 Å². The Balaban J connectivity index is 1.59. The Hall–Kier alpha value is -2.94. The molecule has 1 N–H and O–H groups in total. The molecular weight excluding hydrogens is 420 g/mol.